The van der Waals surface area contributed by atoms with Gasteiger partial charge in [-0.1, -0.05) is 6.92 Å². The van der Waals surface area contributed by atoms with Gasteiger partial charge in [-0.25, -0.2) is 0 Å². The van der Waals surface area contributed by atoms with Crippen molar-refractivity contribution >= 4 is 6.29 Å². The van der Waals surface area contributed by atoms with Gasteiger partial charge in [-0.3, -0.25) is 4.90 Å². The Bertz CT molecular complexity index is 242. The van der Waals surface area contributed by atoms with Crippen LogP contribution in [-0.4, -0.2) is 55.4 Å². The number of hydrogen-bond acceptors (Lipinski definition) is 3. The van der Waals surface area contributed by atoms with Crippen molar-refractivity contribution in [2.45, 2.75) is 46.1 Å². The summed E-state index contributed by atoms with van der Waals surface area (Å²) in [5, 5.41) is 0. The van der Waals surface area contributed by atoms with E-state index in [0.717, 1.165) is 45.4 Å². The molecule has 0 aromatic rings. The summed E-state index contributed by atoms with van der Waals surface area (Å²) in [5.74, 6) is 0. The molecule has 3 nitrogen and oxygen atoms in total. The minimum Gasteiger partial charge on any atom is -0.307 e. The Hall–Kier alpha value is -0.410. The van der Waals surface area contributed by atoms with Crippen LogP contribution in [0.4, 0.5) is 0 Å². The molecule has 1 fully saturated rings. The van der Waals surface area contributed by atoms with Crippen LogP contribution in [0.5, 0.6) is 0 Å². The van der Waals surface area contributed by atoms with Gasteiger partial charge in [0.2, 0.25) is 0 Å². The Balaban J connectivity index is 2.40. The van der Waals surface area contributed by atoms with Gasteiger partial charge in [0.1, 0.15) is 6.29 Å². The maximum Gasteiger partial charge on any atom is 0.127 e. The van der Waals surface area contributed by atoms with Crippen LogP contribution >= 0.6 is 0 Å². The van der Waals surface area contributed by atoms with E-state index in [9.17, 15) is 4.79 Å². The predicted molar refractivity (Wildman–Crippen MR) is 72.2 cm³/mol. The summed E-state index contributed by atoms with van der Waals surface area (Å²) in [4.78, 5) is 16.1. The zero-order chi connectivity index (χ0) is 12.9. The molecule has 0 spiro atoms. The van der Waals surface area contributed by atoms with Crippen LogP contribution in [0.15, 0.2) is 0 Å². The average molecular weight is 240 g/mol. The maximum atomic E-state index is 11.4. The molecule has 0 aromatic carbocycles. The van der Waals surface area contributed by atoms with Crippen molar-refractivity contribution in [3.63, 3.8) is 0 Å². The molecule has 1 saturated heterocycles. The lowest BCUT2D eigenvalue weighted by Gasteiger charge is -2.26. The molecular weight excluding hydrogens is 212 g/mol. The third kappa shape index (κ3) is 4.07. The summed E-state index contributed by atoms with van der Waals surface area (Å²) in [5.41, 5.74) is -0.0567. The Morgan fingerprint density at radius 1 is 1.47 bits per heavy atom. The standard InChI is InChI=1S/C14H28N2O/c1-5-15(4)9-6-7-14(12-17)8-10-16(11-14)13(2)3/h12-13H,5-11H2,1-4H3. The molecule has 1 rings (SSSR count). The highest BCUT2D eigenvalue weighted by atomic mass is 16.1. The summed E-state index contributed by atoms with van der Waals surface area (Å²) in [6, 6.07) is 0.565. The summed E-state index contributed by atoms with van der Waals surface area (Å²) >= 11 is 0. The van der Waals surface area contributed by atoms with Crippen LogP contribution in [0.3, 0.4) is 0 Å². The van der Waals surface area contributed by atoms with Gasteiger partial charge in [0.15, 0.2) is 0 Å². The predicted octanol–water partition coefficient (Wildman–Crippen LogP) is 2.02. The van der Waals surface area contributed by atoms with Crippen molar-refractivity contribution in [3.05, 3.63) is 0 Å². The third-order valence-corrected chi connectivity index (χ3v) is 4.15. The highest BCUT2D eigenvalue weighted by molar-refractivity contribution is 5.60. The molecule has 1 aliphatic rings. The van der Waals surface area contributed by atoms with E-state index in [1.807, 2.05) is 0 Å². The molecule has 3 heteroatoms. The van der Waals surface area contributed by atoms with E-state index < -0.39 is 0 Å². The third-order valence-electron chi connectivity index (χ3n) is 4.15. The van der Waals surface area contributed by atoms with Gasteiger partial charge in [0, 0.05) is 18.0 Å². The molecular formula is C14H28N2O. The first-order valence-corrected chi connectivity index (χ1v) is 6.92. The number of carbonyl (C=O) groups is 1. The first kappa shape index (κ1) is 14.7. The first-order chi connectivity index (χ1) is 8.03. The van der Waals surface area contributed by atoms with Crippen molar-refractivity contribution in [2.24, 2.45) is 5.41 Å². The lowest BCUT2D eigenvalue weighted by molar-refractivity contribution is -0.116. The average Bonchev–Trinajstić information content (AvgIpc) is 2.74. The molecule has 0 amide bonds. The van der Waals surface area contributed by atoms with Gasteiger partial charge in [-0.05, 0) is 59.8 Å². The second-order valence-corrected chi connectivity index (χ2v) is 5.79. The van der Waals surface area contributed by atoms with E-state index in [1.54, 1.807) is 0 Å². The number of hydrogen-bond donors (Lipinski definition) is 0. The number of likely N-dealkylation sites (tertiary alicyclic amines) is 1. The summed E-state index contributed by atoms with van der Waals surface area (Å²) in [7, 11) is 2.14. The number of rotatable bonds is 7. The van der Waals surface area contributed by atoms with Gasteiger partial charge < -0.3 is 9.69 Å². The van der Waals surface area contributed by atoms with Crippen molar-refractivity contribution in [1.82, 2.24) is 9.80 Å². The van der Waals surface area contributed by atoms with Crippen molar-refractivity contribution in [3.8, 4) is 0 Å². The van der Waals surface area contributed by atoms with Gasteiger partial charge in [0.25, 0.3) is 0 Å². The molecule has 0 aliphatic carbocycles. The Kier molecular flexibility index (Phi) is 5.60. The minimum atomic E-state index is -0.0567. The lowest BCUT2D eigenvalue weighted by atomic mass is 9.84. The van der Waals surface area contributed by atoms with E-state index in [1.165, 1.54) is 6.29 Å². The maximum absolute atomic E-state index is 11.4. The summed E-state index contributed by atoms with van der Waals surface area (Å²) < 4.78 is 0. The van der Waals surface area contributed by atoms with Gasteiger partial charge >= 0.3 is 0 Å². The molecule has 1 unspecified atom stereocenters. The van der Waals surface area contributed by atoms with Gasteiger partial charge in [-0.15, -0.1) is 0 Å². The normalized spacial score (nSPS) is 26.0. The minimum absolute atomic E-state index is 0.0567. The van der Waals surface area contributed by atoms with Crippen LogP contribution in [0, 0.1) is 5.41 Å². The molecule has 17 heavy (non-hydrogen) atoms. The molecule has 1 atom stereocenters. The van der Waals surface area contributed by atoms with E-state index >= 15 is 0 Å². The lowest BCUT2D eigenvalue weighted by Crippen LogP contribution is -2.33. The monoisotopic (exact) mass is 240 g/mol. The molecule has 0 aromatic heterocycles. The van der Waals surface area contributed by atoms with Crippen LogP contribution < -0.4 is 0 Å². The summed E-state index contributed by atoms with van der Waals surface area (Å²) in [6.07, 6.45) is 4.45. The second-order valence-electron chi connectivity index (χ2n) is 5.79. The number of nitrogens with zero attached hydrogens (tertiary/aromatic N) is 2. The van der Waals surface area contributed by atoms with Crippen molar-refractivity contribution in [2.75, 3.05) is 33.2 Å². The van der Waals surface area contributed by atoms with Crippen LogP contribution in [0.1, 0.15) is 40.0 Å². The highest BCUT2D eigenvalue weighted by Gasteiger charge is 2.38. The largest absolute Gasteiger partial charge is 0.307 e. The Labute approximate surface area is 106 Å². The van der Waals surface area contributed by atoms with E-state index in [4.69, 9.17) is 0 Å². The van der Waals surface area contributed by atoms with E-state index in [-0.39, 0.29) is 5.41 Å². The highest BCUT2D eigenvalue weighted by Crippen LogP contribution is 2.34. The smallest absolute Gasteiger partial charge is 0.127 e. The fourth-order valence-electron chi connectivity index (χ4n) is 2.59. The number of aldehydes is 1. The molecule has 1 heterocycles. The molecule has 0 saturated carbocycles. The van der Waals surface area contributed by atoms with Crippen molar-refractivity contribution in [1.29, 1.82) is 0 Å². The van der Waals surface area contributed by atoms with E-state index in [2.05, 4.69) is 37.6 Å². The Morgan fingerprint density at radius 2 is 2.18 bits per heavy atom. The molecule has 1 aliphatic heterocycles. The summed E-state index contributed by atoms with van der Waals surface area (Å²) in [6.45, 7) is 10.8. The zero-order valence-corrected chi connectivity index (χ0v) is 11.9. The SMILES string of the molecule is CCN(C)CCCC1(C=O)CCN(C(C)C)C1. The van der Waals surface area contributed by atoms with Gasteiger partial charge in [-0.2, -0.15) is 0 Å². The quantitative estimate of drug-likeness (QED) is 0.636. The zero-order valence-electron chi connectivity index (χ0n) is 11.9. The molecule has 100 valence electrons. The molecule has 0 radical (unpaired) electrons. The van der Waals surface area contributed by atoms with Crippen LogP contribution in [-0.2, 0) is 4.79 Å². The van der Waals surface area contributed by atoms with Gasteiger partial charge in [0.05, 0.1) is 0 Å². The molecule has 0 bridgehead atoms. The molecule has 0 N–H and O–H groups in total. The Morgan fingerprint density at radius 3 is 2.65 bits per heavy atom. The fraction of sp³-hybridized carbons (Fsp3) is 0.929. The van der Waals surface area contributed by atoms with Crippen molar-refractivity contribution < 1.29 is 4.79 Å². The fourth-order valence-corrected chi connectivity index (χ4v) is 2.59. The second kappa shape index (κ2) is 6.50. The number of carbonyl (C=O) groups excluding carboxylic acids is 1. The van der Waals surface area contributed by atoms with Crippen LogP contribution in [0.25, 0.3) is 0 Å². The topological polar surface area (TPSA) is 23.6 Å². The van der Waals surface area contributed by atoms with E-state index in [0.29, 0.717) is 6.04 Å². The van der Waals surface area contributed by atoms with Crippen LogP contribution in [0.2, 0.25) is 0 Å². The first-order valence-electron chi connectivity index (χ1n) is 6.92.